The highest BCUT2D eigenvalue weighted by Gasteiger charge is 2.25. The lowest BCUT2D eigenvalue weighted by Crippen LogP contribution is -2.34. The van der Waals surface area contributed by atoms with Crippen LogP contribution in [0, 0.1) is 11.6 Å². The molecule has 0 unspecified atom stereocenters. The van der Waals surface area contributed by atoms with Gasteiger partial charge in [-0.25, -0.2) is 8.78 Å². The number of carbonyl (C=O) groups is 1. The molecule has 0 heterocycles. The molecule has 1 aliphatic rings. The van der Waals surface area contributed by atoms with E-state index in [1.165, 1.54) is 12.8 Å². The van der Waals surface area contributed by atoms with Crippen molar-refractivity contribution in [2.75, 3.05) is 25.9 Å². The lowest BCUT2D eigenvalue weighted by atomic mass is 10.1. The molecule has 1 aliphatic carbocycles. The molecule has 1 saturated carbocycles. The van der Waals surface area contributed by atoms with Gasteiger partial charge in [0.05, 0.1) is 11.3 Å². The summed E-state index contributed by atoms with van der Waals surface area (Å²) in [4.78, 5) is 13.9. The van der Waals surface area contributed by atoms with Crippen LogP contribution in [0.1, 0.15) is 23.2 Å². The average molecular weight is 269 g/mol. The van der Waals surface area contributed by atoms with Gasteiger partial charge in [0.1, 0.15) is 5.82 Å². The first-order valence-electron chi connectivity index (χ1n) is 6.22. The number of nitrogens with two attached hydrogens (primary N) is 1. The van der Waals surface area contributed by atoms with Gasteiger partial charge in [-0.05, 0) is 32.0 Å². The number of rotatable bonds is 5. The number of likely N-dealkylation sites (N-methyl/N-ethyl adjacent to an activating group) is 1. The first-order chi connectivity index (χ1) is 8.99. The van der Waals surface area contributed by atoms with Crippen LogP contribution in [-0.2, 0) is 0 Å². The lowest BCUT2D eigenvalue weighted by molar-refractivity contribution is 0.0945. The topological polar surface area (TPSA) is 58.4 Å². The van der Waals surface area contributed by atoms with Crippen LogP contribution in [0.2, 0.25) is 0 Å². The van der Waals surface area contributed by atoms with Crippen molar-refractivity contribution in [1.29, 1.82) is 0 Å². The number of nitrogens with zero attached hydrogens (tertiary/aromatic N) is 1. The summed E-state index contributed by atoms with van der Waals surface area (Å²) in [5.41, 5.74) is 4.57. The van der Waals surface area contributed by atoms with Gasteiger partial charge in [-0.1, -0.05) is 0 Å². The predicted molar refractivity (Wildman–Crippen MR) is 68.8 cm³/mol. The van der Waals surface area contributed by atoms with E-state index in [4.69, 9.17) is 5.73 Å². The van der Waals surface area contributed by atoms with Crippen molar-refractivity contribution < 1.29 is 13.6 Å². The van der Waals surface area contributed by atoms with Crippen molar-refractivity contribution >= 4 is 11.6 Å². The number of benzene rings is 1. The normalized spacial score (nSPS) is 14.7. The van der Waals surface area contributed by atoms with Crippen molar-refractivity contribution in [3.05, 3.63) is 29.3 Å². The van der Waals surface area contributed by atoms with Gasteiger partial charge in [-0.15, -0.1) is 0 Å². The molecule has 1 amide bonds. The fourth-order valence-corrected chi connectivity index (χ4v) is 1.91. The zero-order chi connectivity index (χ0) is 14.0. The Labute approximate surface area is 110 Å². The molecule has 4 nitrogen and oxygen atoms in total. The summed E-state index contributed by atoms with van der Waals surface area (Å²) in [6.07, 6.45) is 2.36. The zero-order valence-electron chi connectivity index (χ0n) is 10.7. The summed E-state index contributed by atoms with van der Waals surface area (Å²) in [6.45, 7) is 1.07. The van der Waals surface area contributed by atoms with E-state index < -0.39 is 17.5 Å². The van der Waals surface area contributed by atoms with Crippen molar-refractivity contribution in [3.8, 4) is 0 Å². The molecule has 2 rings (SSSR count). The Morgan fingerprint density at radius 3 is 2.79 bits per heavy atom. The van der Waals surface area contributed by atoms with Crippen LogP contribution in [0.3, 0.4) is 0 Å². The van der Waals surface area contributed by atoms with E-state index in [9.17, 15) is 13.6 Å². The number of anilines is 1. The molecule has 0 aliphatic heterocycles. The Morgan fingerprint density at radius 2 is 2.16 bits per heavy atom. The Balaban J connectivity index is 1.92. The molecule has 1 aromatic rings. The monoisotopic (exact) mass is 269 g/mol. The quantitative estimate of drug-likeness (QED) is 0.794. The third-order valence-electron chi connectivity index (χ3n) is 3.23. The summed E-state index contributed by atoms with van der Waals surface area (Å²) < 4.78 is 26.7. The molecule has 0 saturated heterocycles. The minimum atomic E-state index is -0.880. The van der Waals surface area contributed by atoms with Crippen LogP contribution in [-0.4, -0.2) is 37.0 Å². The second-order valence-electron chi connectivity index (χ2n) is 4.82. The number of amides is 1. The molecular weight excluding hydrogens is 252 g/mol. The Morgan fingerprint density at radius 1 is 1.47 bits per heavy atom. The molecule has 0 atom stereocenters. The van der Waals surface area contributed by atoms with Crippen LogP contribution in [0.4, 0.5) is 14.5 Å². The number of hydrogen-bond acceptors (Lipinski definition) is 3. The molecule has 6 heteroatoms. The number of nitrogens with one attached hydrogen (secondary N) is 1. The van der Waals surface area contributed by atoms with E-state index in [2.05, 4.69) is 10.2 Å². The van der Waals surface area contributed by atoms with Gasteiger partial charge in [0.25, 0.3) is 5.91 Å². The van der Waals surface area contributed by atoms with Crippen molar-refractivity contribution in [2.45, 2.75) is 18.9 Å². The number of nitrogen functional groups attached to an aromatic ring is 1. The smallest absolute Gasteiger partial charge is 0.254 e. The fourth-order valence-electron chi connectivity index (χ4n) is 1.91. The van der Waals surface area contributed by atoms with E-state index in [-0.39, 0.29) is 11.3 Å². The van der Waals surface area contributed by atoms with Gasteiger partial charge in [0, 0.05) is 19.1 Å². The van der Waals surface area contributed by atoms with Gasteiger partial charge in [-0.3, -0.25) is 4.79 Å². The van der Waals surface area contributed by atoms with Crippen LogP contribution >= 0.6 is 0 Å². The molecular formula is C13H17F2N3O. The molecule has 1 aromatic carbocycles. The minimum absolute atomic E-state index is 0.355. The maximum atomic E-state index is 13.6. The molecule has 0 radical (unpaired) electrons. The molecule has 0 spiro atoms. The molecule has 0 aromatic heterocycles. The second kappa shape index (κ2) is 5.52. The Kier molecular flexibility index (Phi) is 3.99. The Bertz CT molecular complexity index is 489. The maximum absolute atomic E-state index is 13.6. The van der Waals surface area contributed by atoms with Crippen molar-refractivity contribution in [3.63, 3.8) is 0 Å². The minimum Gasteiger partial charge on any atom is -0.396 e. The standard InChI is InChI=1S/C13H17F2N3O/c1-18(9-2-3-9)5-4-17-13(19)10-6-8(14)7-11(16)12(10)15/h6-7,9H,2-5,16H2,1H3,(H,17,19). The van der Waals surface area contributed by atoms with Crippen molar-refractivity contribution in [2.24, 2.45) is 0 Å². The van der Waals surface area contributed by atoms with Crippen LogP contribution in [0.15, 0.2) is 12.1 Å². The molecule has 1 fully saturated rings. The number of hydrogen-bond donors (Lipinski definition) is 2. The van der Waals surface area contributed by atoms with Gasteiger partial charge in [0.2, 0.25) is 0 Å². The highest BCUT2D eigenvalue weighted by molar-refractivity contribution is 5.95. The summed E-state index contributed by atoms with van der Waals surface area (Å²) >= 11 is 0. The van der Waals surface area contributed by atoms with E-state index in [1.807, 2.05) is 7.05 Å². The number of carbonyl (C=O) groups excluding carboxylic acids is 1. The van der Waals surface area contributed by atoms with E-state index >= 15 is 0 Å². The van der Waals surface area contributed by atoms with E-state index in [0.29, 0.717) is 19.1 Å². The van der Waals surface area contributed by atoms with Crippen LogP contribution < -0.4 is 11.1 Å². The zero-order valence-corrected chi connectivity index (χ0v) is 10.7. The maximum Gasteiger partial charge on any atom is 0.254 e. The first-order valence-corrected chi connectivity index (χ1v) is 6.22. The summed E-state index contributed by atoms with van der Waals surface area (Å²) in [5, 5.41) is 2.56. The summed E-state index contributed by atoms with van der Waals surface area (Å²) in [6, 6.07) is 2.30. The van der Waals surface area contributed by atoms with E-state index in [1.54, 1.807) is 0 Å². The summed E-state index contributed by atoms with van der Waals surface area (Å²) in [7, 11) is 1.98. The lowest BCUT2D eigenvalue weighted by Gasteiger charge is -2.15. The van der Waals surface area contributed by atoms with Gasteiger partial charge in [-0.2, -0.15) is 0 Å². The molecule has 19 heavy (non-hydrogen) atoms. The molecule has 3 N–H and O–H groups in total. The highest BCUT2D eigenvalue weighted by atomic mass is 19.1. The van der Waals surface area contributed by atoms with Crippen molar-refractivity contribution in [1.82, 2.24) is 10.2 Å². The average Bonchev–Trinajstić information content (AvgIpc) is 3.17. The largest absolute Gasteiger partial charge is 0.396 e. The summed E-state index contributed by atoms with van der Waals surface area (Å²) in [5.74, 6) is -2.25. The van der Waals surface area contributed by atoms with Crippen LogP contribution in [0.5, 0.6) is 0 Å². The van der Waals surface area contributed by atoms with Gasteiger partial charge < -0.3 is 16.0 Å². The SMILES string of the molecule is CN(CCNC(=O)c1cc(F)cc(N)c1F)C1CC1. The first kappa shape index (κ1) is 13.7. The third-order valence-corrected chi connectivity index (χ3v) is 3.23. The third kappa shape index (κ3) is 3.41. The predicted octanol–water partition coefficient (Wildman–Crippen LogP) is 1.37. The van der Waals surface area contributed by atoms with E-state index in [0.717, 1.165) is 12.1 Å². The molecule has 0 bridgehead atoms. The Hall–Kier alpha value is -1.69. The fraction of sp³-hybridized carbons (Fsp3) is 0.462. The van der Waals surface area contributed by atoms with Gasteiger partial charge in [0.15, 0.2) is 5.82 Å². The number of halogens is 2. The van der Waals surface area contributed by atoms with Gasteiger partial charge >= 0.3 is 0 Å². The molecule has 104 valence electrons. The highest BCUT2D eigenvalue weighted by Crippen LogP contribution is 2.24. The van der Waals surface area contributed by atoms with Crippen LogP contribution in [0.25, 0.3) is 0 Å². The second-order valence-corrected chi connectivity index (χ2v) is 4.82.